The zero-order chi connectivity index (χ0) is 14.0. The first-order chi connectivity index (χ1) is 8.86. The van der Waals surface area contributed by atoms with Gasteiger partial charge >= 0.3 is 5.97 Å². The number of nitrogens with zero attached hydrogens (tertiary/aromatic N) is 3. The van der Waals surface area contributed by atoms with Crippen molar-refractivity contribution in [2.75, 3.05) is 0 Å². The van der Waals surface area contributed by atoms with E-state index in [1.54, 1.807) is 18.6 Å². The number of hydrogen-bond acceptors (Lipinski definition) is 3. The second kappa shape index (κ2) is 4.84. The molecule has 0 fully saturated rings. The van der Waals surface area contributed by atoms with E-state index < -0.39 is 5.97 Å². The maximum atomic E-state index is 10.7. The zero-order valence-corrected chi connectivity index (χ0v) is 11.3. The number of carboxylic acid groups (broad SMARTS) is 1. The first-order valence-corrected chi connectivity index (χ1v) is 6.07. The number of hydrogen-bond donors (Lipinski definition) is 1. The van der Waals surface area contributed by atoms with E-state index in [0.29, 0.717) is 5.56 Å². The third kappa shape index (κ3) is 3.19. The van der Waals surface area contributed by atoms with Crippen LogP contribution in [0.1, 0.15) is 26.3 Å². The summed E-state index contributed by atoms with van der Waals surface area (Å²) in [4.78, 5) is 14.8. The fraction of sp³-hybridized carbons (Fsp3) is 0.357. The normalized spacial score (nSPS) is 11.5. The molecule has 0 saturated heterocycles. The molecule has 2 aromatic heterocycles. The molecule has 19 heavy (non-hydrogen) atoms. The molecule has 0 aromatic carbocycles. The van der Waals surface area contributed by atoms with Gasteiger partial charge in [-0.1, -0.05) is 0 Å². The van der Waals surface area contributed by atoms with Gasteiger partial charge in [-0.2, -0.15) is 5.10 Å². The minimum atomic E-state index is -0.857. The maximum Gasteiger partial charge on any atom is 0.307 e. The summed E-state index contributed by atoms with van der Waals surface area (Å²) in [5.74, 6) is -0.857. The van der Waals surface area contributed by atoms with E-state index in [0.717, 1.165) is 11.1 Å². The Morgan fingerprint density at radius 1 is 1.26 bits per heavy atom. The molecule has 2 aromatic rings. The van der Waals surface area contributed by atoms with E-state index >= 15 is 0 Å². The fourth-order valence-corrected chi connectivity index (χ4v) is 1.76. The van der Waals surface area contributed by atoms with Gasteiger partial charge < -0.3 is 5.11 Å². The Hall–Kier alpha value is -2.17. The van der Waals surface area contributed by atoms with Gasteiger partial charge in [-0.05, 0) is 32.4 Å². The number of pyridine rings is 1. The Balaban J connectivity index is 2.31. The lowest BCUT2D eigenvalue weighted by Gasteiger charge is -2.18. The van der Waals surface area contributed by atoms with E-state index in [1.165, 1.54) is 0 Å². The summed E-state index contributed by atoms with van der Waals surface area (Å²) in [6.07, 6.45) is 6.99. The third-order valence-corrected chi connectivity index (χ3v) is 2.75. The van der Waals surface area contributed by atoms with Crippen LogP contribution in [0.15, 0.2) is 30.9 Å². The molecule has 0 aliphatic rings. The standard InChI is InChI=1S/C14H17N3O2/c1-14(2,3)17-9-12(8-16-17)11-4-10(5-13(18)19)6-15-7-11/h4,6-9H,5H2,1-3H3,(H,18,19). The van der Waals surface area contributed by atoms with Crippen LogP contribution in [0.5, 0.6) is 0 Å². The SMILES string of the molecule is CC(C)(C)n1cc(-c2cncc(CC(=O)O)c2)cn1. The smallest absolute Gasteiger partial charge is 0.307 e. The molecule has 0 spiro atoms. The summed E-state index contributed by atoms with van der Waals surface area (Å²) in [6, 6.07) is 1.84. The largest absolute Gasteiger partial charge is 0.481 e. The van der Waals surface area contributed by atoms with Crippen molar-refractivity contribution in [3.63, 3.8) is 0 Å². The van der Waals surface area contributed by atoms with Crippen LogP contribution in [0.25, 0.3) is 11.1 Å². The number of aromatic nitrogens is 3. The average Bonchev–Trinajstić information content (AvgIpc) is 2.77. The molecule has 0 aliphatic carbocycles. The van der Waals surface area contributed by atoms with Crippen molar-refractivity contribution in [1.82, 2.24) is 14.8 Å². The number of rotatable bonds is 3. The van der Waals surface area contributed by atoms with Gasteiger partial charge in [0.25, 0.3) is 0 Å². The molecule has 2 rings (SSSR count). The third-order valence-electron chi connectivity index (χ3n) is 2.75. The number of aliphatic carboxylic acids is 1. The quantitative estimate of drug-likeness (QED) is 0.918. The van der Waals surface area contributed by atoms with E-state index in [4.69, 9.17) is 5.11 Å². The van der Waals surface area contributed by atoms with Crippen LogP contribution in [0.3, 0.4) is 0 Å². The Bertz CT molecular complexity index is 597. The van der Waals surface area contributed by atoms with Gasteiger partial charge in [0.15, 0.2) is 0 Å². The van der Waals surface area contributed by atoms with Crippen molar-refractivity contribution >= 4 is 5.97 Å². The molecule has 5 nitrogen and oxygen atoms in total. The molecule has 5 heteroatoms. The molecular weight excluding hydrogens is 242 g/mol. The lowest BCUT2D eigenvalue weighted by atomic mass is 10.1. The van der Waals surface area contributed by atoms with Crippen molar-refractivity contribution < 1.29 is 9.90 Å². The summed E-state index contributed by atoms with van der Waals surface area (Å²) in [5.41, 5.74) is 2.43. The van der Waals surface area contributed by atoms with Crippen LogP contribution >= 0.6 is 0 Å². The van der Waals surface area contributed by atoms with Gasteiger partial charge in [-0.25, -0.2) is 0 Å². The fourth-order valence-electron chi connectivity index (χ4n) is 1.76. The van der Waals surface area contributed by atoms with Gasteiger partial charge in [0.2, 0.25) is 0 Å². The summed E-state index contributed by atoms with van der Waals surface area (Å²) in [7, 11) is 0. The number of carboxylic acids is 1. The van der Waals surface area contributed by atoms with Gasteiger partial charge in [0.05, 0.1) is 18.2 Å². The zero-order valence-electron chi connectivity index (χ0n) is 11.3. The molecule has 0 radical (unpaired) electrons. The van der Waals surface area contributed by atoms with Crippen molar-refractivity contribution in [2.24, 2.45) is 0 Å². The Labute approximate surface area is 111 Å². The van der Waals surface area contributed by atoms with Crippen molar-refractivity contribution in [3.8, 4) is 11.1 Å². The number of carbonyl (C=O) groups is 1. The predicted octanol–water partition coefficient (Wildman–Crippen LogP) is 2.33. The first-order valence-electron chi connectivity index (χ1n) is 6.07. The van der Waals surface area contributed by atoms with Gasteiger partial charge in [0.1, 0.15) is 0 Å². The van der Waals surface area contributed by atoms with E-state index in [-0.39, 0.29) is 12.0 Å². The minimum absolute atomic E-state index is 0.0196. The van der Waals surface area contributed by atoms with E-state index in [2.05, 4.69) is 30.9 Å². The molecule has 0 amide bonds. The van der Waals surface area contributed by atoms with Gasteiger partial charge in [-0.3, -0.25) is 14.5 Å². The second-order valence-electron chi connectivity index (χ2n) is 5.50. The summed E-state index contributed by atoms with van der Waals surface area (Å²) in [5, 5.41) is 13.1. The molecule has 1 N–H and O–H groups in total. The summed E-state index contributed by atoms with van der Waals surface area (Å²) >= 11 is 0. The lowest BCUT2D eigenvalue weighted by molar-refractivity contribution is -0.136. The lowest BCUT2D eigenvalue weighted by Crippen LogP contribution is -2.21. The summed E-state index contributed by atoms with van der Waals surface area (Å²) in [6.45, 7) is 6.22. The van der Waals surface area contributed by atoms with Crippen LogP contribution in [-0.2, 0) is 16.8 Å². The average molecular weight is 259 g/mol. The minimum Gasteiger partial charge on any atom is -0.481 e. The molecule has 0 aliphatic heterocycles. The van der Waals surface area contributed by atoms with Crippen LogP contribution in [-0.4, -0.2) is 25.8 Å². The Kier molecular flexibility index (Phi) is 3.38. The molecule has 0 atom stereocenters. The van der Waals surface area contributed by atoms with Crippen molar-refractivity contribution in [1.29, 1.82) is 0 Å². The maximum absolute atomic E-state index is 10.7. The molecule has 0 unspecified atom stereocenters. The predicted molar refractivity (Wildman–Crippen MR) is 71.8 cm³/mol. The second-order valence-corrected chi connectivity index (χ2v) is 5.50. The highest BCUT2D eigenvalue weighted by atomic mass is 16.4. The highest BCUT2D eigenvalue weighted by molar-refractivity contribution is 5.71. The van der Waals surface area contributed by atoms with Crippen LogP contribution in [0, 0.1) is 0 Å². The van der Waals surface area contributed by atoms with Gasteiger partial charge in [0, 0.05) is 29.7 Å². The topological polar surface area (TPSA) is 68.0 Å². The molecule has 100 valence electrons. The highest BCUT2D eigenvalue weighted by Crippen LogP contribution is 2.22. The molecular formula is C14H17N3O2. The molecule has 0 saturated carbocycles. The Morgan fingerprint density at radius 2 is 2.00 bits per heavy atom. The molecule has 2 heterocycles. The first kappa shape index (κ1) is 13.3. The van der Waals surface area contributed by atoms with Crippen LogP contribution < -0.4 is 0 Å². The van der Waals surface area contributed by atoms with Crippen LogP contribution in [0.4, 0.5) is 0 Å². The van der Waals surface area contributed by atoms with E-state index in [1.807, 2.05) is 16.9 Å². The highest BCUT2D eigenvalue weighted by Gasteiger charge is 2.14. The monoisotopic (exact) mass is 259 g/mol. The Morgan fingerprint density at radius 3 is 2.58 bits per heavy atom. The summed E-state index contributed by atoms with van der Waals surface area (Å²) < 4.78 is 1.88. The molecule has 0 bridgehead atoms. The van der Waals surface area contributed by atoms with Crippen molar-refractivity contribution in [3.05, 3.63) is 36.4 Å². The van der Waals surface area contributed by atoms with E-state index in [9.17, 15) is 4.79 Å². The van der Waals surface area contributed by atoms with Crippen LogP contribution in [0.2, 0.25) is 0 Å². The van der Waals surface area contributed by atoms with Gasteiger partial charge in [-0.15, -0.1) is 0 Å². The van der Waals surface area contributed by atoms with Crippen molar-refractivity contribution in [2.45, 2.75) is 32.7 Å².